The van der Waals surface area contributed by atoms with Crippen molar-refractivity contribution in [3.8, 4) is 5.75 Å². The first-order valence-electron chi connectivity index (χ1n) is 9.20. The van der Waals surface area contributed by atoms with E-state index in [-0.39, 0.29) is 22.5 Å². The number of nitro groups is 1. The zero-order chi connectivity index (χ0) is 20.9. The van der Waals surface area contributed by atoms with E-state index in [1.807, 2.05) is 48.5 Å². The number of carbonyl (C=O) groups excluding carboxylic acids is 1. The Morgan fingerprint density at radius 1 is 0.900 bits per heavy atom. The van der Waals surface area contributed by atoms with E-state index in [1.165, 1.54) is 12.3 Å². The topological polar surface area (TPSA) is 82.3 Å². The smallest absolute Gasteiger partial charge is 0.344 e. The second-order valence-corrected chi connectivity index (χ2v) is 6.47. The van der Waals surface area contributed by atoms with Crippen LogP contribution in [0.2, 0.25) is 0 Å². The van der Waals surface area contributed by atoms with E-state index >= 15 is 0 Å². The van der Waals surface area contributed by atoms with Crippen LogP contribution < -0.4 is 4.74 Å². The van der Waals surface area contributed by atoms with Gasteiger partial charge in [0, 0.05) is 17.6 Å². The van der Waals surface area contributed by atoms with E-state index in [0.717, 1.165) is 5.56 Å². The average molecular weight is 396 g/mol. The Hall–Kier alpha value is -4.32. The molecule has 6 heteroatoms. The van der Waals surface area contributed by atoms with E-state index in [2.05, 4.69) is 4.98 Å². The Morgan fingerprint density at radius 2 is 1.60 bits per heavy atom. The zero-order valence-corrected chi connectivity index (χ0v) is 15.8. The van der Waals surface area contributed by atoms with Crippen LogP contribution in [0.3, 0.4) is 0 Å². The molecule has 0 atom stereocenters. The zero-order valence-electron chi connectivity index (χ0n) is 15.8. The Kier molecular flexibility index (Phi) is 5.30. The van der Waals surface area contributed by atoms with Gasteiger partial charge < -0.3 is 4.74 Å². The van der Waals surface area contributed by atoms with E-state index in [0.29, 0.717) is 10.9 Å². The predicted molar refractivity (Wildman–Crippen MR) is 115 cm³/mol. The van der Waals surface area contributed by atoms with Gasteiger partial charge in [-0.2, -0.15) is 0 Å². The number of benzene rings is 3. The molecular weight excluding hydrogens is 380 g/mol. The molecule has 146 valence electrons. The summed E-state index contributed by atoms with van der Waals surface area (Å²) in [7, 11) is 0. The van der Waals surface area contributed by atoms with Gasteiger partial charge in [0.2, 0.25) is 5.75 Å². The molecule has 0 saturated heterocycles. The second-order valence-electron chi connectivity index (χ2n) is 6.47. The summed E-state index contributed by atoms with van der Waals surface area (Å²) < 4.78 is 5.60. The van der Waals surface area contributed by atoms with Gasteiger partial charge in [-0.15, -0.1) is 0 Å². The first-order chi connectivity index (χ1) is 14.6. The molecule has 3 aromatic carbocycles. The summed E-state index contributed by atoms with van der Waals surface area (Å²) in [5, 5.41) is 12.2. The number of esters is 1. The Labute approximate surface area is 172 Å². The number of nitro benzene ring substituents is 1. The lowest BCUT2D eigenvalue weighted by Crippen LogP contribution is -2.12. The highest BCUT2D eigenvalue weighted by atomic mass is 16.6. The molecular formula is C24H16N2O4. The summed E-state index contributed by atoms with van der Waals surface area (Å²) in [6.45, 7) is 0. The van der Waals surface area contributed by atoms with Crippen LogP contribution >= 0.6 is 0 Å². The SMILES string of the molecule is O=C(Oc1c([N+](=O)[O-])ccc2cccnc12)/C(=C\c1ccccc1)c1ccccc1. The molecule has 0 fully saturated rings. The molecule has 1 heterocycles. The summed E-state index contributed by atoms with van der Waals surface area (Å²) in [4.78, 5) is 28.4. The van der Waals surface area contributed by atoms with Gasteiger partial charge >= 0.3 is 11.7 Å². The fraction of sp³-hybridized carbons (Fsp3) is 0. The van der Waals surface area contributed by atoms with Gasteiger partial charge in [-0.3, -0.25) is 15.1 Å². The maximum Gasteiger partial charge on any atom is 0.344 e. The third-order valence-electron chi connectivity index (χ3n) is 4.51. The van der Waals surface area contributed by atoms with Gasteiger partial charge in [0.15, 0.2) is 0 Å². The molecule has 0 N–H and O–H groups in total. The molecule has 0 unspecified atom stereocenters. The third kappa shape index (κ3) is 3.93. The first kappa shape index (κ1) is 19.0. The normalized spacial score (nSPS) is 11.3. The number of aromatic nitrogens is 1. The molecule has 0 saturated carbocycles. The van der Waals surface area contributed by atoms with Crippen LogP contribution in [0.25, 0.3) is 22.6 Å². The van der Waals surface area contributed by atoms with Crippen molar-refractivity contribution < 1.29 is 14.5 Å². The van der Waals surface area contributed by atoms with E-state index < -0.39 is 10.9 Å². The summed E-state index contributed by atoms with van der Waals surface area (Å²) in [5.41, 5.74) is 1.67. The molecule has 0 aliphatic rings. The van der Waals surface area contributed by atoms with E-state index in [9.17, 15) is 14.9 Å². The van der Waals surface area contributed by atoms with Crippen molar-refractivity contribution in [2.24, 2.45) is 0 Å². The number of carbonyl (C=O) groups is 1. The number of rotatable bonds is 5. The van der Waals surface area contributed by atoms with Crippen molar-refractivity contribution in [2.75, 3.05) is 0 Å². The van der Waals surface area contributed by atoms with E-state index in [1.54, 1.807) is 36.4 Å². The number of nitrogens with zero attached hydrogens (tertiary/aromatic N) is 2. The highest BCUT2D eigenvalue weighted by molar-refractivity contribution is 6.22. The Bertz CT molecular complexity index is 1250. The minimum Gasteiger partial charge on any atom is -0.413 e. The van der Waals surface area contributed by atoms with E-state index in [4.69, 9.17) is 4.74 Å². The molecule has 0 radical (unpaired) electrons. The van der Waals surface area contributed by atoms with Crippen LogP contribution in [0.4, 0.5) is 5.69 Å². The van der Waals surface area contributed by atoms with Crippen molar-refractivity contribution in [1.29, 1.82) is 0 Å². The lowest BCUT2D eigenvalue weighted by molar-refractivity contribution is -0.385. The highest BCUT2D eigenvalue weighted by Crippen LogP contribution is 2.35. The van der Waals surface area contributed by atoms with Crippen molar-refractivity contribution in [3.63, 3.8) is 0 Å². The second kappa shape index (κ2) is 8.36. The molecule has 0 bridgehead atoms. The number of ether oxygens (including phenoxy) is 1. The summed E-state index contributed by atoms with van der Waals surface area (Å²) in [6, 6.07) is 24.7. The van der Waals surface area contributed by atoms with Gasteiger partial charge in [0.05, 0.1) is 10.5 Å². The maximum absolute atomic E-state index is 13.2. The molecule has 1 aromatic heterocycles. The highest BCUT2D eigenvalue weighted by Gasteiger charge is 2.24. The van der Waals surface area contributed by atoms with Crippen molar-refractivity contribution in [3.05, 3.63) is 112 Å². The fourth-order valence-corrected chi connectivity index (χ4v) is 3.09. The van der Waals surface area contributed by atoms with Gasteiger partial charge in [-0.05, 0) is 29.3 Å². The van der Waals surface area contributed by atoms with Gasteiger partial charge in [-0.1, -0.05) is 66.7 Å². The van der Waals surface area contributed by atoms with Crippen molar-refractivity contribution in [2.45, 2.75) is 0 Å². The summed E-state index contributed by atoms with van der Waals surface area (Å²) in [6.07, 6.45) is 3.20. The lowest BCUT2D eigenvalue weighted by Gasteiger charge is -2.11. The minimum absolute atomic E-state index is 0.169. The van der Waals surface area contributed by atoms with Crippen molar-refractivity contribution >= 4 is 34.2 Å². The first-order valence-corrected chi connectivity index (χ1v) is 9.20. The molecule has 0 aliphatic carbocycles. The van der Waals surface area contributed by atoms with Crippen LogP contribution in [0.15, 0.2) is 91.1 Å². The summed E-state index contributed by atoms with van der Waals surface area (Å²) in [5.74, 6) is -0.871. The van der Waals surface area contributed by atoms with Crippen LogP contribution in [-0.4, -0.2) is 15.9 Å². The fourth-order valence-electron chi connectivity index (χ4n) is 3.09. The quantitative estimate of drug-likeness (QED) is 0.114. The van der Waals surface area contributed by atoms with Crippen LogP contribution in [0.1, 0.15) is 11.1 Å². The van der Waals surface area contributed by atoms with Gasteiger partial charge in [-0.25, -0.2) is 4.79 Å². The number of hydrogen-bond acceptors (Lipinski definition) is 5. The minimum atomic E-state index is -0.702. The summed E-state index contributed by atoms with van der Waals surface area (Å²) >= 11 is 0. The van der Waals surface area contributed by atoms with Crippen molar-refractivity contribution in [1.82, 2.24) is 4.98 Å². The van der Waals surface area contributed by atoms with Gasteiger partial charge in [0.25, 0.3) is 0 Å². The number of pyridine rings is 1. The molecule has 6 nitrogen and oxygen atoms in total. The Balaban J connectivity index is 1.82. The third-order valence-corrected chi connectivity index (χ3v) is 4.51. The predicted octanol–water partition coefficient (Wildman–Crippen LogP) is 5.29. The number of hydrogen-bond donors (Lipinski definition) is 0. The molecule has 30 heavy (non-hydrogen) atoms. The van der Waals surface area contributed by atoms with Gasteiger partial charge in [0.1, 0.15) is 5.52 Å². The Morgan fingerprint density at radius 3 is 2.30 bits per heavy atom. The maximum atomic E-state index is 13.2. The van der Waals surface area contributed by atoms with Crippen LogP contribution in [0, 0.1) is 10.1 Å². The average Bonchev–Trinajstić information content (AvgIpc) is 2.78. The monoisotopic (exact) mass is 396 g/mol. The molecule has 0 aliphatic heterocycles. The number of fused-ring (bicyclic) bond motifs is 1. The molecule has 4 aromatic rings. The largest absolute Gasteiger partial charge is 0.413 e. The molecule has 4 rings (SSSR count). The molecule has 0 spiro atoms. The van der Waals surface area contributed by atoms with Crippen LogP contribution in [-0.2, 0) is 4.79 Å². The standard InChI is InChI=1S/C24H16N2O4/c27-24(20(18-10-5-2-6-11-18)16-17-8-3-1-4-9-17)30-23-21(26(28)29)14-13-19-12-7-15-25-22(19)23/h1-16H/b20-16-. The lowest BCUT2D eigenvalue weighted by atomic mass is 10.0. The van der Waals surface area contributed by atoms with Crippen LogP contribution in [0.5, 0.6) is 5.75 Å². The molecule has 0 amide bonds.